The first-order valence-electron chi connectivity index (χ1n) is 20.2. The van der Waals surface area contributed by atoms with Gasteiger partial charge >= 0.3 is 0 Å². The molecule has 0 spiro atoms. The van der Waals surface area contributed by atoms with Gasteiger partial charge in [0.05, 0.1) is 16.8 Å². The van der Waals surface area contributed by atoms with Crippen molar-refractivity contribution in [2.24, 2.45) is 0 Å². The molecular formula is C54H47N3O2. The maximum Gasteiger partial charge on any atom is 0.231 e. The van der Waals surface area contributed by atoms with Crippen molar-refractivity contribution >= 4 is 39.1 Å². The van der Waals surface area contributed by atoms with Crippen LogP contribution in [0.25, 0.3) is 66.8 Å². The van der Waals surface area contributed by atoms with Gasteiger partial charge in [-0.2, -0.15) is 0 Å². The van der Waals surface area contributed by atoms with E-state index in [2.05, 4.69) is 180 Å². The van der Waals surface area contributed by atoms with E-state index < -0.39 is 0 Å². The summed E-state index contributed by atoms with van der Waals surface area (Å²) in [4.78, 5) is 12.4. The molecule has 0 saturated heterocycles. The van der Waals surface area contributed by atoms with Crippen molar-refractivity contribution in [2.75, 3.05) is 4.90 Å². The van der Waals surface area contributed by atoms with Crippen LogP contribution in [-0.2, 0) is 10.8 Å². The molecule has 9 rings (SSSR count). The van der Waals surface area contributed by atoms with Crippen LogP contribution in [0.5, 0.6) is 5.75 Å². The highest BCUT2D eigenvalue weighted by Gasteiger charge is 2.24. The molecule has 0 radical (unpaired) electrons. The van der Waals surface area contributed by atoms with Gasteiger partial charge in [-0.3, -0.25) is 4.98 Å². The number of para-hydroxylation sites is 2. The lowest BCUT2D eigenvalue weighted by Crippen LogP contribution is -2.11. The standard InChI is InChI=1S/C54H47N3O2/c1-53(2,3)38-25-26-48(58)47(30-38)52-56-51-45(33-42(34-49(51)59-52)57(40-21-12-8-13-22-40)41-23-14-9-15-24-41)37-20-16-19-36(29-37)44-31-39(54(4,5)6)32-46-43(27-28-55-50(44)46)35-17-10-7-11-18-35/h7-34,58H,1-6H3. The van der Waals surface area contributed by atoms with Gasteiger partial charge < -0.3 is 14.4 Å². The van der Waals surface area contributed by atoms with Crippen LogP contribution >= 0.6 is 0 Å². The van der Waals surface area contributed by atoms with Gasteiger partial charge in [-0.25, -0.2) is 4.98 Å². The van der Waals surface area contributed by atoms with Gasteiger partial charge in [-0.1, -0.05) is 133 Å². The fourth-order valence-electron chi connectivity index (χ4n) is 7.89. The zero-order valence-corrected chi connectivity index (χ0v) is 34.4. The van der Waals surface area contributed by atoms with Crippen molar-refractivity contribution in [3.8, 4) is 50.6 Å². The number of nitrogens with zero attached hydrogens (tertiary/aromatic N) is 3. The molecule has 0 aliphatic rings. The summed E-state index contributed by atoms with van der Waals surface area (Å²) in [5, 5.41) is 12.3. The highest BCUT2D eigenvalue weighted by molar-refractivity contribution is 6.04. The van der Waals surface area contributed by atoms with E-state index in [1.165, 1.54) is 5.56 Å². The Morgan fingerprint density at radius 3 is 1.68 bits per heavy atom. The molecule has 1 N–H and O–H groups in total. The third kappa shape index (κ3) is 7.25. The summed E-state index contributed by atoms with van der Waals surface area (Å²) in [6, 6.07) is 56.7. The fourth-order valence-corrected chi connectivity index (χ4v) is 7.89. The van der Waals surface area contributed by atoms with Gasteiger partial charge in [-0.15, -0.1) is 0 Å². The molecule has 5 nitrogen and oxygen atoms in total. The Bertz CT molecular complexity index is 2920. The first-order valence-corrected chi connectivity index (χ1v) is 20.2. The van der Waals surface area contributed by atoms with Gasteiger partial charge in [0.25, 0.3) is 0 Å². The predicted molar refractivity (Wildman–Crippen MR) is 245 cm³/mol. The minimum absolute atomic E-state index is 0.101. The second-order valence-electron chi connectivity index (χ2n) is 17.3. The number of aromatic hydroxyl groups is 1. The van der Waals surface area contributed by atoms with Crippen LogP contribution in [0.4, 0.5) is 17.1 Å². The average molecular weight is 770 g/mol. The van der Waals surface area contributed by atoms with Crippen LogP contribution in [0.15, 0.2) is 174 Å². The summed E-state index contributed by atoms with van der Waals surface area (Å²) in [7, 11) is 0. The molecule has 0 aliphatic carbocycles. The molecule has 0 bridgehead atoms. The summed E-state index contributed by atoms with van der Waals surface area (Å²) in [6.45, 7) is 13.3. The second-order valence-corrected chi connectivity index (χ2v) is 17.3. The molecule has 2 aromatic heterocycles. The Morgan fingerprint density at radius 2 is 1.05 bits per heavy atom. The highest BCUT2D eigenvalue weighted by atomic mass is 16.3. The van der Waals surface area contributed by atoms with E-state index in [4.69, 9.17) is 14.4 Å². The Hall–Kier alpha value is -6.98. The van der Waals surface area contributed by atoms with Crippen LogP contribution < -0.4 is 4.90 Å². The summed E-state index contributed by atoms with van der Waals surface area (Å²) in [5.74, 6) is 0.488. The van der Waals surface area contributed by atoms with Crippen LogP contribution in [0.1, 0.15) is 52.7 Å². The second kappa shape index (κ2) is 14.8. The average Bonchev–Trinajstić information content (AvgIpc) is 3.67. The van der Waals surface area contributed by atoms with E-state index >= 15 is 0 Å². The summed E-state index contributed by atoms with van der Waals surface area (Å²) < 4.78 is 6.70. The van der Waals surface area contributed by atoms with Crippen molar-refractivity contribution in [2.45, 2.75) is 52.4 Å². The number of phenols is 1. The van der Waals surface area contributed by atoms with E-state index in [9.17, 15) is 5.11 Å². The van der Waals surface area contributed by atoms with Gasteiger partial charge in [0.2, 0.25) is 5.89 Å². The smallest absolute Gasteiger partial charge is 0.231 e. The number of anilines is 3. The van der Waals surface area contributed by atoms with Crippen LogP contribution in [0.2, 0.25) is 0 Å². The third-order valence-corrected chi connectivity index (χ3v) is 11.1. The summed E-state index contributed by atoms with van der Waals surface area (Å²) in [6.07, 6.45) is 1.92. The Balaban J connectivity index is 1.29. The number of phenolic OH excluding ortho intramolecular Hbond substituents is 1. The fraction of sp³-hybridized carbons (Fsp3) is 0.148. The number of pyridine rings is 1. The summed E-state index contributed by atoms with van der Waals surface area (Å²) >= 11 is 0. The normalized spacial score (nSPS) is 12.0. The Labute approximate surface area is 346 Å². The monoisotopic (exact) mass is 769 g/mol. The SMILES string of the molecule is CC(C)(C)c1ccc(O)c(-c2nc3c(-c4cccc(-c5cc(C(C)(C)C)cc6c(-c7ccccc7)ccnc56)c4)cc(N(c4ccccc4)c4ccccc4)cc3o2)c1. The number of rotatable bonds is 7. The molecule has 5 heteroatoms. The van der Waals surface area contributed by atoms with Gasteiger partial charge in [-0.05, 0) is 111 Å². The molecule has 0 unspecified atom stereocenters. The predicted octanol–water partition coefficient (Wildman–Crippen LogP) is 14.8. The molecular weight excluding hydrogens is 723 g/mol. The first kappa shape index (κ1) is 37.6. The maximum atomic E-state index is 11.2. The van der Waals surface area contributed by atoms with Gasteiger partial charge in [0.1, 0.15) is 11.3 Å². The zero-order chi connectivity index (χ0) is 40.9. The summed E-state index contributed by atoms with van der Waals surface area (Å²) in [5.41, 5.74) is 14.2. The quantitative estimate of drug-likeness (QED) is 0.175. The molecule has 0 amide bonds. The van der Waals surface area contributed by atoms with Crippen molar-refractivity contribution in [1.29, 1.82) is 0 Å². The van der Waals surface area contributed by atoms with Crippen molar-refractivity contribution in [3.63, 3.8) is 0 Å². The highest BCUT2D eigenvalue weighted by Crippen LogP contribution is 2.44. The molecule has 0 aliphatic heterocycles. The maximum absolute atomic E-state index is 11.2. The molecule has 59 heavy (non-hydrogen) atoms. The number of oxazole rings is 1. The van der Waals surface area contributed by atoms with E-state index in [1.54, 1.807) is 6.07 Å². The number of aromatic nitrogens is 2. The molecule has 290 valence electrons. The van der Waals surface area contributed by atoms with Gasteiger partial charge in [0, 0.05) is 40.2 Å². The minimum Gasteiger partial charge on any atom is -0.507 e. The Kier molecular flexibility index (Phi) is 9.40. The zero-order valence-electron chi connectivity index (χ0n) is 34.4. The lowest BCUT2D eigenvalue weighted by molar-refractivity contribution is 0.473. The number of hydrogen-bond donors (Lipinski definition) is 1. The van der Waals surface area contributed by atoms with E-state index in [0.29, 0.717) is 22.6 Å². The van der Waals surface area contributed by atoms with Crippen molar-refractivity contribution in [3.05, 3.63) is 181 Å². The topological polar surface area (TPSA) is 62.4 Å². The van der Waals surface area contributed by atoms with E-state index in [-0.39, 0.29) is 16.6 Å². The number of hydrogen-bond acceptors (Lipinski definition) is 5. The molecule has 7 aromatic carbocycles. The Morgan fingerprint density at radius 1 is 0.475 bits per heavy atom. The van der Waals surface area contributed by atoms with Crippen LogP contribution in [0, 0.1) is 0 Å². The van der Waals surface area contributed by atoms with Crippen molar-refractivity contribution in [1.82, 2.24) is 9.97 Å². The van der Waals surface area contributed by atoms with E-state index in [1.807, 2.05) is 30.5 Å². The number of fused-ring (bicyclic) bond motifs is 2. The molecule has 0 saturated carbocycles. The lowest BCUT2D eigenvalue weighted by Gasteiger charge is -2.26. The molecule has 9 aromatic rings. The lowest BCUT2D eigenvalue weighted by atomic mass is 9.83. The first-order chi connectivity index (χ1) is 28.4. The largest absolute Gasteiger partial charge is 0.507 e. The number of benzene rings is 7. The van der Waals surface area contributed by atoms with Gasteiger partial charge in [0.15, 0.2) is 5.58 Å². The van der Waals surface area contributed by atoms with Crippen LogP contribution in [0.3, 0.4) is 0 Å². The molecule has 0 fully saturated rings. The molecule has 2 heterocycles. The third-order valence-electron chi connectivity index (χ3n) is 11.1. The van der Waals surface area contributed by atoms with Crippen molar-refractivity contribution < 1.29 is 9.52 Å². The van der Waals surface area contributed by atoms with E-state index in [0.717, 1.165) is 66.9 Å². The minimum atomic E-state index is -0.135. The van der Waals surface area contributed by atoms with Crippen LogP contribution in [-0.4, -0.2) is 15.1 Å². The molecule has 0 atom stereocenters.